The van der Waals surface area contributed by atoms with E-state index in [4.69, 9.17) is 16.0 Å². The SMILES string of the molecule is C[C@H]1CCN(c2nc3cc(Cl)ccc3o2)CCN1.Cl. The van der Waals surface area contributed by atoms with Gasteiger partial charge in [-0.15, -0.1) is 12.4 Å². The molecule has 1 aromatic carbocycles. The van der Waals surface area contributed by atoms with Crippen LogP contribution in [0.4, 0.5) is 6.01 Å². The van der Waals surface area contributed by atoms with Gasteiger partial charge in [0, 0.05) is 30.7 Å². The first-order valence-corrected chi connectivity index (χ1v) is 6.64. The molecular weight excluding hydrogens is 285 g/mol. The van der Waals surface area contributed by atoms with Crippen molar-refractivity contribution >= 4 is 41.1 Å². The highest BCUT2D eigenvalue weighted by molar-refractivity contribution is 6.31. The number of nitrogens with one attached hydrogen (secondary N) is 1. The van der Waals surface area contributed by atoms with Gasteiger partial charge in [0.1, 0.15) is 5.52 Å². The molecule has 2 heterocycles. The summed E-state index contributed by atoms with van der Waals surface area (Å²) in [5.74, 6) is 0. The van der Waals surface area contributed by atoms with E-state index >= 15 is 0 Å². The van der Waals surface area contributed by atoms with Crippen molar-refractivity contribution in [3.63, 3.8) is 0 Å². The van der Waals surface area contributed by atoms with Crippen LogP contribution < -0.4 is 10.2 Å². The zero-order valence-electron chi connectivity index (χ0n) is 10.7. The summed E-state index contributed by atoms with van der Waals surface area (Å²) in [5, 5.41) is 4.14. The summed E-state index contributed by atoms with van der Waals surface area (Å²) in [6, 6.07) is 6.78. The van der Waals surface area contributed by atoms with E-state index in [9.17, 15) is 0 Å². The van der Waals surface area contributed by atoms with Crippen LogP contribution in [0.15, 0.2) is 22.6 Å². The number of hydrogen-bond donors (Lipinski definition) is 1. The molecule has 104 valence electrons. The quantitative estimate of drug-likeness (QED) is 0.879. The van der Waals surface area contributed by atoms with E-state index in [2.05, 4.69) is 22.1 Å². The maximum Gasteiger partial charge on any atom is 0.298 e. The summed E-state index contributed by atoms with van der Waals surface area (Å²) < 4.78 is 5.78. The Bertz CT molecular complexity index is 558. The van der Waals surface area contributed by atoms with Gasteiger partial charge >= 0.3 is 0 Å². The first-order valence-electron chi connectivity index (χ1n) is 6.27. The summed E-state index contributed by atoms with van der Waals surface area (Å²) in [7, 11) is 0. The van der Waals surface area contributed by atoms with Crippen molar-refractivity contribution in [2.24, 2.45) is 0 Å². The molecule has 0 unspecified atom stereocenters. The molecule has 1 aromatic heterocycles. The number of benzene rings is 1. The zero-order valence-corrected chi connectivity index (χ0v) is 12.3. The van der Waals surface area contributed by atoms with E-state index in [1.54, 1.807) is 0 Å². The monoisotopic (exact) mass is 301 g/mol. The lowest BCUT2D eigenvalue weighted by Gasteiger charge is -2.16. The van der Waals surface area contributed by atoms with E-state index in [1.165, 1.54) is 0 Å². The van der Waals surface area contributed by atoms with Crippen molar-refractivity contribution in [2.45, 2.75) is 19.4 Å². The molecule has 1 aliphatic rings. The second-order valence-electron chi connectivity index (χ2n) is 4.74. The van der Waals surface area contributed by atoms with Crippen LogP contribution >= 0.6 is 24.0 Å². The van der Waals surface area contributed by atoms with Gasteiger partial charge in [-0.05, 0) is 31.5 Å². The van der Waals surface area contributed by atoms with Gasteiger partial charge in [0.2, 0.25) is 0 Å². The predicted molar refractivity (Wildman–Crippen MR) is 80.6 cm³/mol. The molecule has 1 saturated heterocycles. The fraction of sp³-hybridized carbons (Fsp3) is 0.462. The fourth-order valence-corrected chi connectivity index (χ4v) is 2.39. The van der Waals surface area contributed by atoms with Crippen molar-refractivity contribution < 1.29 is 4.42 Å². The Morgan fingerprint density at radius 3 is 3.11 bits per heavy atom. The summed E-state index contributed by atoms with van der Waals surface area (Å²) in [6.07, 6.45) is 1.10. The Kier molecular flexibility index (Phi) is 4.55. The molecule has 0 aliphatic carbocycles. The second kappa shape index (κ2) is 5.99. The molecule has 4 nitrogen and oxygen atoms in total. The first kappa shape index (κ1) is 14.4. The number of nitrogens with zero attached hydrogens (tertiary/aromatic N) is 2. The lowest BCUT2D eigenvalue weighted by atomic mass is 10.2. The average molecular weight is 302 g/mol. The number of fused-ring (bicyclic) bond motifs is 1. The Morgan fingerprint density at radius 2 is 2.26 bits per heavy atom. The van der Waals surface area contributed by atoms with Crippen LogP contribution in [0, 0.1) is 0 Å². The van der Waals surface area contributed by atoms with E-state index in [-0.39, 0.29) is 12.4 Å². The minimum atomic E-state index is 0. The molecule has 0 spiro atoms. The van der Waals surface area contributed by atoms with E-state index in [0.29, 0.717) is 17.1 Å². The molecule has 1 atom stereocenters. The number of aromatic nitrogens is 1. The topological polar surface area (TPSA) is 41.3 Å². The van der Waals surface area contributed by atoms with Gasteiger partial charge in [0.05, 0.1) is 0 Å². The van der Waals surface area contributed by atoms with Crippen molar-refractivity contribution in [1.82, 2.24) is 10.3 Å². The lowest BCUT2D eigenvalue weighted by Crippen LogP contribution is -2.29. The number of hydrogen-bond acceptors (Lipinski definition) is 4. The van der Waals surface area contributed by atoms with Gasteiger partial charge in [0.25, 0.3) is 6.01 Å². The largest absolute Gasteiger partial charge is 0.423 e. The molecule has 1 aliphatic heterocycles. The summed E-state index contributed by atoms with van der Waals surface area (Å²) in [4.78, 5) is 6.70. The normalized spacial score (nSPS) is 20.1. The summed E-state index contributed by atoms with van der Waals surface area (Å²) in [6.45, 7) is 5.05. The third-order valence-corrected chi connectivity index (χ3v) is 3.55. The van der Waals surface area contributed by atoms with Gasteiger partial charge < -0.3 is 14.6 Å². The molecule has 3 rings (SSSR count). The fourth-order valence-electron chi connectivity index (χ4n) is 2.22. The molecule has 6 heteroatoms. The van der Waals surface area contributed by atoms with Crippen LogP contribution in [0.1, 0.15) is 13.3 Å². The molecule has 1 N–H and O–H groups in total. The summed E-state index contributed by atoms with van der Waals surface area (Å²) >= 11 is 5.95. The number of rotatable bonds is 1. The molecule has 0 saturated carbocycles. The molecule has 0 bridgehead atoms. The van der Waals surface area contributed by atoms with Crippen LogP contribution in [-0.4, -0.2) is 30.7 Å². The Hall–Kier alpha value is -0.970. The van der Waals surface area contributed by atoms with E-state index < -0.39 is 0 Å². The van der Waals surface area contributed by atoms with Crippen LogP contribution in [0.2, 0.25) is 5.02 Å². The van der Waals surface area contributed by atoms with E-state index in [1.807, 2.05) is 18.2 Å². The number of halogens is 2. The smallest absolute Gasteiger partial charge is 0.298 e. The first-order chi connectivity index (χ1) is 8.72. The van der Waals surface area contributed by atoms with Gasteiger partial charge in [-0.25, -0.2) is 0 Å². The molecule has 1 fully saturated rings. The summed E-state index contributed by atoms with van der Waals surface area (Å²) in [5.41, 5.74) is 1.61. The van der Waals surface area contributed by atoms with Gasteiger partial charge in [-0.1, -0.05) is 11.6 Å². The Morgan fingerprint density at radius 1 is 1.42 bits per heavy atom. The number of oxazole rings is 1. The molecular formula is C13H17Cl2N3O. The molecule has 19 heavy (non-hydrogen) atoms. The van der Waals surface area contributed by atoms with Crippen LogP contribution in [0.3, 0.4) is 0 Å². The van der Waals surface area contributed by atoms with Gasteiger partial charge in [0.15, 0.2) is 5.58 Å². The average Bonchev–Trinajstić information content (AvgIpc) is 2.63. The molecule has 0 radical (unpaired) electrons. The maximum absolute atomic E-state index is 5.95. The van der Waals surface area contributed by atoms with Crippen molar-refractivity contribution in [1.29, 1.82) is 0 Å². The molecule has 0 amide bonds. The standard InChI is InChI=1S/C13H16ClN3O.ClH/c1-9-4-6-17(7-5-15-9)13-16-11-8-10(14)2-3-12(11)18-13;/h2-3,8-9,15H,4-7H2,1H3;1H/t9-;/m0./s1. The van der Waals surface area contributed by atoms with Crippen molar-refractivity contribution in [2.75, 3.05) is 24.5 Å². The third kappa shape index (κ3) is 3.14. The minimum absolute atomic E-state index is 0. The van der Waals surface area contributed by atoms with Gasteiger partial charge in [-0.3, -0.25) is 0 Å². The highest BCUT2D eigenvalue weighted by Crippen LogP contribution is 2.25. The van der Waals surface area contributed by atoms with Crippen LogP contribution in [0.25, 0.3) is 11.1 Å². The minimum Gasteiger partial charge on any atom is -0.423 e. The second-order valence-corrected chi connectivity index (χ2v) is 5.18. The lowest BCUT2D eigenvalue weighted by molar-refractivity contribution is 0.559. The highest BCUT2D eigenvalue weighted by Gasteiger charge is 2.18. The van der Waals surface area contributed by atoms with Crippen molar-refractivity contribution in [3.8, 4) is 0 Å². The van der Waals surface area contributed by atoms with Crippen LogP contribution in [0.5, 0.6) is 0 Å². The van der Waals surface area contributed by atoms with Crippen LogP contribution in [-0.2, 0) is 0 Å². The predicted octanol–water partition coefficient (Wildman–Crippen LogP) is 3.09. The van der Waals surface area contributed by atoms with Crippen molar-refractivity contribution in [3.05, 3.63) is 23.2 Å². The third-order valence-electron chi connectivity index (χ3n) is 3.32. The van der Waals surface area contributed by atoms with Gasteiger partial charge in [-0.2, -0.15) is 4.98 Å². The maximum atomic E-state index is 5.95. The number of anilines is 1. The molecule has 2 aromatic rings. The Balaban J connectivity index is 0.00000133. The van der Waals surface area contributed by atoms with E-state index in [0.717, 1.165) is 37.2 Å². The Labute approximate surface area is 123 Å². The zero-order chi connectivity index (χ0) is 12.5. The highest BCUT2D eigenvalue weighted by atomic mass is 35.5.